The van der Waals surface area contributed by atoms with Gasteiger partial charge in [0, 0.05) is 73.7 Å². The van der Waals surface area contributed by atoms with Crippen molar-refractivity contribution in [3.05, 3.63) is 18.0 Å². The molecule has 1 aliphatic rings. The van der Waals surface area contributed by atoms with E-state index in [-0.39, 0.29) is 28.7 Å². The molecule has 1 atom stereocenters. The van der Waals surface area contributed by atoms with Gasteiger partial charge in [0.2, 0.25) is 0 Å². The van der Waals surface area contributed by atoms with Crippen LogP contribution in [0.1, 0.15) is 26.5 Å². The summed E-state index contributed by atoms with van der Waals surface area (Å²) in [6.07, 6.45) is 1.61. The summed E-state index contributed by atoms with van der Waals surface area (Å²) in [6.45, 7) is 11.3. The number of rotatable bonds is 5. The fraction of sp³-hybridized carbons (Fsp3) is 0.750. The summed E-state index contributed by atoms with van der Waals surface area (Å²) < 4.78 is 16.8. The van der Waals surface area contributed by atoms with Crippen molar-refractivity contribution >= 4 is 40.7 Å². The van der Waals surface area contributed by atoms with Gasteiger partial charge in [-0.2, -0.15) is 0 Å². The summed E-state index contributed by atoms with van der Waals surface area (Å²) in [4.78, 5) is 8.96. The van der Waals surface area contributed by atoms with Crippen LogP contribution in [0.5, 0.6) is 0 Å². The molecule has 1 aromatic heterocycles. The maximum absolute atomic E-state index is 12.1. The van der Waals surface area contributed by atoms with Gasteiger partial charge in [0.25, 0.3) is 0 Å². The lowest BCUT2D eigenvalue weighted by atomic mass is 10.3. The predicted octanol–water partition coefficient (Wildman–Crippen LogP) is 1.53. The van der Waals surface area contributed by atoms with Crippen LogP contribution in [-0.2, 0) is 17.3 Å². The average molecular weight is 483 g/mol. The lowest BCUT2D eigenvalue weighted by Gasteiger charge is -2.36. The van der Waals surface area contributed by atoms with E-state index in [1.54, 1.807) is 13.3 Å². The number of halogens is 1. The second-order valence-corrected chi connectivity index (χ2v) is 9.21. The molecule has 2 rings (SSSR count). The molecule has 1 unspecified atom stereocenters. The zero-order chi connectivity index (χ0) is 17.6. The van der Waals surface area contributed by atoms with Gasteiger partial charge in [0.1, 0.15) is 6.26 Å². The van der Waals surface area contributed by atoms with Crippen molar-refractivity contribution in [2.75, 3.05) is 45.5 Å². The van der Waals surface area contributed by atoms with Crippen LogP contribution in [0.25, 0.3) is 0 Å². The quantitative estimate of drug-likeness (QED) is 0.389. The zero-order valence-electron chi connectivity index (χ0n) is 15.5. The molecule has 1 N–H and O–H groups in total. The van der Waals surface area contributed by atoms with Gasteiger partial charge in [-0.05, 0) is 20.8 Å². The van der Waals surface area contributed by atoms with E-state index in [2.05, 4.69) is 25.3 Å². The van der Waals surface area contributed by atoms with Gasteiger partial charge in [-0.3, -0.25) is 14.1 Å². The summed E-state index contributed by atoms with van der Waals surface area (Å²) in [5, 5.41) is 7.30. The van der Waals surface area contributed by atoms with E-state index < -0.39 is 10.8 Å². The Balaban J connectivity index is 0.00000312. The Morgan fingerprint density at radius 3 is 2.56 bits per heavy atom. The maximum atomic E-state index is 12.1. The second-order valence-electron chi connectivity index (χ2n) is 6.89. The molecule has 0 amide bonds. The monoisotopic (exact) mass is 483 g/mol. The molecule has 0 aliphatic carbocycles. The molecule has 0 radical (unpaired) electrons. The Labute approximate surface area is 170 Å². The Hall–Kier alpha value is -0.680. The van der Waals surface area contributed by atoms with Gasteiger partial charge in [0.15, 0.2) is 5.96 Å². The zero-order valence-corrected chi connectivity index (χ0v) is 18.7. The van der Waals surface area contributed by atoms with E-state index in [0.29, 0.717) is 12.3 Å². The predicted molar refractivity (Wildman–Crippen MR) is 113 cm³/mol. The first kappa shape index (κ1) is 22.4. The van der Waals surface area contributed by atoms with E-state index >= 15 is 0 Å². The molecule has 0 bridgehead atoms. The number of piperazine rings is 1. The van der Waals surface area contributed by atoms with Gasteiger partial charge in [0.05, 0.1) is 5.69 Å². The normalized spacial score (nSPS) is 17.9. The largest absolute Gasteiger partial charge is 0.364 e. The number of aromatic nitrogens is 1. The average Bonchev–Trinajstić information content (AvgIpc) is 3.04. The Morgan fingerprint density at radius 2 is 2.04 bits per heavy atom. The molecule has 9 heteroatoms. The molecule has 2 heterocycles. The molecule has 0 spiro atoms. The lowest BCUT2D eigenvalue weighted by Crippen LogP contribution is -2.52. The molecule has 1 fully saturated rings. The summed E-state index contributed by atoms with van der Waals surface area (Å²) in [7, 11) is 0.951. The van der Waals surface area contributed by atoms with E-state index in [9.17, 15) is 4.21 Å². The van der Waals surface area contributed by atoms with Crippen molar-refractivity contribution in [1.29, 1.82) is 0 Å². The highest BCUT2D eigenvalue weighted by atomic mass is 127. The number of hydrogen-bond donors (Lipinski definition) is 1. The van der Waals surface area contributed by atoms with E-state index in [1.807, 2.05) is 26.8 Å². The third kappa shape index (κ3) is 7.22. The maximum Gasteiger partial charge on any atom is 0.193 e. The number of hydrogen-bond acceptors (Lipinski definition) is 5. The van der Waals surface area contributed by atoms with Crippen LogP contribution in [0.2, 0.25) is 0 Å². The van der Waals surface area contributed by atoms with Crippen molar-refractivity contribution in [3.63, 3.8) is 0 Å². The van der Waals surface area contributed by atoms with E-state index in [0.717, 1.165) is 44.4 Å². The van der Waals surface area contributed by atoms with Gasteiger partial charge >= 0.3 is 0 Å². The van der Waals surface area contributed by atoms with Crippen molar-refractivity contribution < 1.29 is 8.73 Å². The van der Waals surface area contributed by atoms with Crippen LogP contribution in [0.15, 0.2) is 21.8 Å². The molecule has 1 aliphatic heterocycles. The van der Waals surface area contributed by atoms with Crippen molar-refractivity contribution in [1.82, 2.24) is 20.3 Å². The van der Waals surface area contributed by atoms with Gasteiger partial charge < -0.3 is 14.7 Å². The smallest absolute Gasteiger partial charge is 0.193 e. The van der Waals surface area contributed by atoms with Crippen molar-refractivity contribution in [3.8, 4) is 0 Å². The minimum atomic E-state index is -0.845. The van der Waals surface area contributed by atoms with Crippen LogP contribution in [0.4, 0.5) is 0 Å². The van der Waals surface area contributed by atoms with Crippen LogP contribution in [-0.4, -0.2) is 75.4 Å². The van der Waals surface area contributed by atoms with E-state index in [4.69, 9.17) is 4.52 Å². The van der Waals surface area contributed by atoms with Crippen LogP contribution in [0.3, 0.4) is 0 Å². The standard InChI is InChI=1S/C16H29N5O2S.HI/c1-16(2,3)24(22)12-6-18-15(17-4)21-9-7-20(8-10-21)13-14-5-11-23-19-14;/h5,11H,6-10,12-13H2,1-4H3,(H,17,18);1H. The molecule has 144 valence electrons. The SMILES string of the molecule is CN=C(NCCS(=O)C(C)(C)C)N1CCN(Cc2ccon2)CC1.I. The van der Waals surface area contributed by atoms with Gasteiger partial charge in [-0.25, -0.2) is 0 Å². The molecular formula is C16H30IN5O2S. The fourth-order valence-corrected chi connectivity index (χ4v) is 3.46. The topological polar surface area (TPSA) is 74.0 Å². The van der Waals surface area contributed by atoms with Crippen molar-refractivity contribution in [2.24, 2.45) is 4.99 Å². The molecule has 1 aromatic rings. The van der Waals surface area contributed by atoms with Crippen LogP contribution < -0.4 is 5.32 Å². The molecule has 0 saturated carbocycles. The Kier molecular flexibility index (Phi) is 9.36. The molecule has 0 aromatic carbocycles. The third-order valence-electron chi connectivity index (χ3n) is 4.01. The van der Waals surface area contributed by atoms with E-state index in [1.165, 1.54) is 0 Å². The number of nitrogens with zero attached hydrogens (tertiary/aromatic N) is 4. The molecule has 1 saturated heterocycles. The summed E-state index contributed by atoms with van der Waals surface area (Å²) in [5.41, 5.74) is 0.968. The second kappa shape index (κ2) is 10.5. The van der Waals surface area contributed by atoms with Crippen molar-refractivity contribution in [2.45, 2.75) is 32.1 Å². The molecule has 25 heavy (non-hydrogen) atoms. The first-order chi connectivity index (χ1) is 11.4. The first-order valence-corrected chi connectivity index (χ1v) is 9.67. The van der Waals surface area contributed by atoms with Crippen LogP contribution >= 0.6 is 24.0 Å². The molecule has 7 nitrogen and oxygen atoms in total. The number of aliphatic imine (C=N–C) groups is 1. The lowest BCUT2D eigenvalue weighted by molar-refractivity contribution is 0.169. The van der Waals surface area contributed by atoms with Gasteiger partial charge in [-0.1, -0.05) is 5.16 Å². The first-order valence-electron chi connectivity index (χ1n) is 8.36. The highest BCUT2D eigenvalue weighted by Crippen LogP contribution is 2.11. The molecular weight excluding hydrogens is 453 g/mol. The number of guanidine groups is 1. The minimum Gasteiger partial charge on any atom is -0.364 e. The highest BCUT2D eigenvalue weighted by molar-refractivity contribution is 14.0. The highest BCUT2D eigenvalue weighted by Gasteiger charge is 2.21. The minimum absolute atomic E-state index is 0. The fourth-order valence-electron chi connectivity index (χ4n) is 2.56. The van der Waals surface area contributed by atoms with Crippen LogP contribution in [0, 0.1) is 0 Å². The van der Waals surface area contributed by atoms with Gasteiger partial charge in [-0.15, -0.1) is 24.0 Å². The third-order valence-corrected chi connectivity index (χ3v) is 5.96. The summed E-state index contributed by atoms with van der Waals surface area (Å²) in [5.74, 6) is 1.52. The Morgan fingerprint density at radius 1 is 1.36 bits per heavy atom. The summed E-state index contributed by atoms with van der Waals surface area (Å²) >= 11 is 0. The summed E-state index contributed by atoms with van der Waals surface area (Å²) in [6, 6.07) is 1.90. The Bertz CT molecular complexity index is 551. The number of nitrogens with one attached hydrogen (secondary N) is 1.